The monoisotopic (exact) mass is 493 g/mol. The van der Waals surface area contributed by atoms with E-state index in [1.807, 2.05) is 18.7 Å². The maximum atomic E-state index is 13.6. The Morgan fingerprint density at radius 1 is 1.00 bits per heavy atom. The van der Waals surface area contributed by atoms with Crippen molar-refractivity contribution in [3.63, 3.8) is 0 Å². The minimum Gasteiger partial charge on any atom is -0.439 e. The van der Waals surface area contributed by atoms with E-state index in [0.717, 1.165) is 6.07 Å². The Balaban J connectivity index is 1.66. The van der Waals surface area contributed by atoms with Gasteiger partial charge in [0.1, 0.15) is 17.2 Å². The molecule has 0 saturated heterocycles. The molecule has 11 heteroatoms. The number of alkyl halides is 3. The lowest BCUT2D eigenvalue weighted by Gasteiger charge is -2.21. The lowest BCUT2D eigenvalue weighted by atomic mass is 10.1. The van der Waals surface area contributed by atoms with Crippen LogP contribution < -0.4 is 15.4 Å². The number of hydrogen-bond donors (Lipinski definition) is 2. The van der Waals surface area contributed by atoms with E-state index >= 15 is 0 Å². The van der Waals surface area contributed by atoms with Crippen molar-refractivity contribution in [2.75, 3.05) is 23.7 Å². The number of anilines is 2. The van der Waals surface area contributed by atoms with Crippen molar-refractivity contribution < 1.29 is 22.7 Å². The van der Waals surface area contributed by atoms with Gasteiger partial charge < -0.3 is 15.4 Å². The molecule has 0 bridgehead atoms. The van der Waals surface area contributed by atoms with Crippen LogP contribution in [0.5, 0.6) is 11.6 Å². The largest absolute Gasteiger partial charge is 0.439 e. The van der Waals surface area contributed by atoms with E-state index in [2.05, 4.69) is 20.6 Å². The molecule has 0 radical (unpaired) electrons. The minimum atomic E-state index is -4.54. The van der Waals surface area contributed by atoms with Crippen LogP contribution in [0.2, 0.25) is 5.15 Å². The first-order chi connectivity index (χ1) is 16.2. The Labute approximate surface area is 199 Å². The highest BCUT2D eigenvalue weighted by atomic mass is 35.5. The molecule has 2 amide bonds. The second-order valence-corrected chi connectivity index (χ2v) is 7.60. The van der Waals surface area contributed by atoms with E-state index in [-0.39, 0.29) is 28.8 Å². The van der Waals surface area contributed by atoms with Crippen LogP contribution in [0, 0.1) is 0 Å². The zero-order chi connectivity index (χ0) is 24.7. The number of nitrogens with zero attached hydrogens (tertiary/aromatic N) is 3. The summed E-state index contributed by atoms with van der Waals surface area (Å²) in [4.78, 5) is 21.9. The molecule has 0 atom stereocenters. The van der Waals surface area contributed by atoms with Gasteiger partial charge in [-0.25, -0.2) is 14.8 Å². The first-order valence-electron chi connectivity index (χ1n) is 10.4. The Kier molecular flexibility index (Phi) is 8.30. The molecule has 34 heavy (non-hydrogen) atoms. The van der Waals surface area contributed by atoms with E-state index in [0.29, 0.717) is 24.5 Å². The van der Waals surface area contributed by atoms with Crippen LogP contribution in [-0.2, 0) is 12.7 Å². The number of aromatic nitrogens is 2. The zero-order valence-electron chi connectivity index (χ0n) is 18.5. The molecule has 0 saturated carbocycles. The fourth-order valence-electron chi connectivity index (χ4n) is 3.14. The summed E-state index contributed by atoms with van der Waals surface area (Å²) in [6.07, 6.45) is -3.28. The molecule has 2 N–H and O–H groups in total. The summed E-state index contributed by atoms with van der Waals surface area (Å²) < 4.78 is 46.4. The summed E-state index contributed by atoms with van der Waals surface area (Å²) in [5.41, 5.74) is -0.167. The van der Waals surface area contributed by atoms with E-state index < -0.39 is 17.8 Å². The SMILES string of the molecule is CCN(CC)Cc1ccc(NC(=O)Nc2ccc(Oc3cc(Cl)ncn3)cc2)cc1C(F)(F)F. The van der Waals surface area contributed by atoms with Crippen molar-refractivity contribution in [1.82, 2.24) is 14.9 Å². The summed E-state index contributed by atoms with van der Waals surface area (Å²) in [7, 11) is 0. The van der Waals surface area contributed by atoms with Gasteiger partial charge in [0.2, 0.25) is 5.88 Å². The number of amides is 2. The average Bonchev–Trinajstić information content (AvgIpc) is 2.79. The number of hydrogen-bond acceptors (Lipinski definition) is 5. The van der Waals surface area contributed by atoms with Crippen LogP contribution in [0.1, 0.15) is 25.0 Å². The molecule has 3 rings (SSSR count). The van der Waals surface area contributed by atoms with E-state index in [4.69, 9.17) is 16.3 Å². The Bertz CT molecular complexity index is 1120. The predicted molar refractivity (Wildman–Crippen MR) is 124 cm³/mol. The van der Waals surface area contributed by atoms with Gasteiger partial charge in [0.05, 0.1) is 5.56 Å². The number of carbonyl (C=O) groups is 1. The quantitative estimate of drug-likeness (QED) is 0.354. The van der Waals surface area contributed by atoms with Gasteiger partial charge in [-0.05, 0) is 55.1 Å². The summed E-state index contributed by atoms with van der Waals surface area (Å²) >= 11 is 5.79. The van der Waals surface area contributed by atoms with Crippen LogP contribution in [0.15, 0.2) is 54.9 Å². The van der Waals surface area contributed by atoms with Crippen molar-refractivity contribution in [2.45, 2.75) is 26.6 Å². The highest BCUT2D eigenvalue weighted by molar-refractivity contribution is 6.29. The molecule has 180 valence electrons. The van der Waals surface area contributed by atoms with Crippen molar-refractivity contribution in [1.29, 1.82) is 0 Å². The van der Waals surface area contributed by atoms with Gasteiger partial charge in [0.25, 0.3) is 0 Å². The van der Waals surface area contributed by atoms with Crippen LogP contribution in [0.4, 0.5) is 29.3 Å². The normalized spacial score (nSPS) is 11.4. The highest BCUT2D eigenvalue weighted by Gasteiger charge is 2.34. The van der Waals surface area contributed by atoms with E-state index in [1.54, 1.807) is 24.3 Å². The first kappa shape index (κ1) is 25.3. The number of halogens is 4. The maximum Gasteiger partial charge on any atom is 0.416 e. The number of benzene rings is 2. The molecule has 0 unspecified atom stereocenters. The second-order valence-electron chi connectivity index (χ2n) is 7.22. The second kappa shape index (κ2) is 11.2. The van der Waals surface area contributed by atoms with Gasteiger partial charge >= 0.3 is 12.2 Å². The maximum absolute atomic E-state index is 13.6. The molecule has 0 aliphatic carbocycles. The molecule has 0 spiro atoms. The topological polar surface area (TPSA) is 79.4 Å². The fraction of sp³-hybridized carbons (Fsp3) is 0.261. The fourth-order valence-corrected chi connectivity index (χ4v) is 3.27. The molecule has 1 aromatic heterocycles. The molecule has 1 heterocycles. The number of rotatable bonds is 8. The van der Waals surface area contributed by atoms with Gasteiger partial charge in [-0.1, -0.05) is 31.5 Å². The smallest absolute Gasteiger partial charge is 0.416 e. The molecule has 0 fully saturated rings. The van der Waals surface area contributed by atoms with E-state index in [9.17, 15) is 18.0 Å². The third kappa shape index (κ3) is 7.06. The summed E-state index contributed by atoms with van der Waals surface area (Å²) in [5, 5.41) is 5.25. The molecule has 0 aliphatic rings. The standard InChI is InChI=1S/C23H23ClF3N5O2/c1-3-32(4-2)13-15-5-6-17(11-19(15)23(25,26)27)31-22(33)30-16-7-9-18(10-8-16)34-21-12-20(24)28-14-29-21/h5-12,14H,3-4,13H2,1-2H3,(H2,30,31,33). The third-order valence-corrected chi connectivity index (χ3v) is 5.11. The number of ether oxygens (including phenoxy) is 1. The Morgan fingerprint density at radius 3 is 2.26 bits per heavy atom. The number of nitrogens with one attached hydrogen (secondary N) is 2. The lowest BCUT2D eigenvalue weighted by Crippen LogP contribution is -2.24. The van der Waals surface area contributed by atoms with Crippen LogP contribution in [-0.4, -0.2) is 34.0 Å². The molecular weight excluding hydrogens is 471 g/mol. The minimum absolute atomic E-state index is 0.0358. The van der Waals surface area contributed by atoms with Crippen molar-refractivity contribution in [3.05, 3.63) is 71.1 Å². The molecular formula is C23H23ClF3N5O2. The first-order valence-corrected chi connectivity index (χ1v) is 10.8. The van der Waals surface area contributed by atoms with Gasteiger partial charge in [-0.2, -0.15) is 13.2 Å². The summed E-state index contributed by atoms with van der Waals surface area (Å²) in [5.74, 6) is 0.697. The lowest BCUT2D eigenvalue weighted by molar-refractivity contribution is -0.138. The average molecular weight is 494 g/mol. The molecule has 7 nitrogen and oxygen atoms in total. The zero-order valence-corrected chi connectivity index (χ0v) is 19.2. The predicted octanol–water partition coefficient (Wildman–Crippen LogP) is 6.43. The number of carbonyl (C=O) groups excluding carboxylic acids is 1. The van der Waals surface area contributed by atoms with Gasteiger partial charge in [-0.3, -0.25) is 4.90 Å². The van der Waals surface area contributed by atoms with Crippen molar-refractivity contribution >= 4 is 29.0 Å². The van der Waals surface area contributed by atoms with Crippen LogP contribution in [0.25, 0.3) is 0 Å². The number of urea groups is 1. The van der Waals surface area contributed by atoms with E-state index in [1.165, 1.54) is 24.5 Å². The summed E-state index contributed by atoms with van der Waals surface area (Å²) in [6, 6.07) is 10.9. The molecule has 3 aromatic rings. The Morgan fingerprint density at radius 2 is 1.65 bits per heavy atom. The summed E-state index contributed by atoms with van der Waals surface area (Å²) in [6.45, 7) is 5.21. The molecule has 0 aliphatic heterocycles. The van der Waals surface area contributed by atoms with Gasteiger partial charge in [-0.15, -0.1) is 0 Å². The van der Waals surface area contributed by atoms with Crippen molar-refractivity contribution in [2.24, 2.45) is 0 Å². The van der Waals surface area contributed by atoms with Gasteiger partial charge in [0.15, 0.2) is 0 Å². The van der Waals surface area contributed by atoms with Gasteiger partial charge in [0, 0.05) is 24.0 Å². The molecule has 2 aromatic carbocycles. The van der Waals surface area contributed by atoms with Crippen LogP contribution >= 0.6 is 11.6 Å². The van der Waals surface area contributed by atoms with Crippen LogP contribution in [0.3, 0.4) is 0 Å². The third-order valence-electron chi connectivity index (χ3n) is 4.90. The highest BCUT2D eigenvalue weighted by Crippen LogP contribution is 2.34. The van der Waals surface area contributed by atoms with Crippen molar-refractivity contribution in [3.8, 4) is 11.6 Å². The Hall–Kier alpha value is -3.37.